The lowest BCUT2D eigenvalue weighted by atomic mass is 10.0. The first-order valence-electron chi connectivity index (χ1n) is 7.60. The summed E-state index contributed by atoms with van der Waals surface area (Å²) >= 11 is 0. The minimum absolute atomic E-state index is 0.701. The first-order chi connectivity index (χ1) is 8.11. The number of rotatable bonds is 7. The summed E-state index contributed by atoms with van der Waals surface area (Å²) in [4.78, 5) is 2.56. The average Bonchev–Trinajstić information content (AvgIpc) is 2.29. The molecule has 1 atom stereocenters. The lowest BCUT2D eigenvalue weighted by Gasteiger charge is -2.33. The van der Waals surface area contributed by atoms with Gasteiger partial charge in [-0.1, -0.05) is 33.6 Å². The molecule has 0 bridgehead atoms. The largest absolute Gasteiger partial charge is 0.311 e. The van der Waals surface area contributed by atoms with E-state index in [2.05, 4.69) is 37.9 Å². The highest BCUT2D eigenvalue weighted by Gasteiger charge is 2.18. The maximum Gasteiger partial charge on any atom is 0.00938 e. The van der Waals surface area contributed by atoms with Crippen molar-refractivity contribution in [3.05, 3.63) is 0 Å². The lowest BCUT2D eigenvalue weighted by molar-refractivity contribution is 0.198. The van der Waals surface area contributed by atoms with E-state index in [1.54, 1.807) is 0 Å². The van der Waals surface area contributed by atoms with Crippen LogP contribution in [0.25, 0.3) is 0 Å². The zero-order valence-electron chi connectivity index (χ0n) is 12.3. The van der Waals surface area contributed by atoms with Crippen molar-refractivity contribution in [3.63, 3.8) is 0 Å². The van der Waals surface area contributed by atoms with Crippen LogP contribution in [-0.4, -0.2) is 36.6 Å². The third kappa shape index (κ3) is 6.42. The Labute approximate surface area is 108 Å². The van der Waals surface area contributed by atoms with Gasteiger partial charge in [0.2, 0.25) is 0 Å². The van der Waals surface area contributed by atoms with Gasteiger partial charge in [0, 0.05) is 12.1 Å². The first kappa shape index (κ1) is 15.0. The van der Waals surface area contributed by atoms with Crippen LogP contribution >= 0.6 is 0 Å². The number of nitrogens with zero attached hydrogens (tertiary/aromatic N) is 1. The number of nitrogens with one attached hydrogen (secondary N) is 1. The Morgan fingerprint density at radius 1 is 1.12 bits per heavy atom. The van der Waals surface area contributed by atoms with Crippen LogP contribution in [0.4, 0.5) is 0 Å². The quantitative estimate of drug-likeness (QED) is 0.735. The van der Waals surface area contributed by atoms with E-state index in [1.807, 2.05) is 0 Å². The number of hydrogen-bond acceptors (Lipinski definition) is 2. The topological polar surface area (TPSA) is 15.3 Å². The fraction of sp³-hybridized carbons (Fsp3) is 1.00. The van der Waals surface area contributed by atoms with Crippen molar-refractivity contribution in [1.82, 2.24) is 10.2 Å². The molecule has 2 heteroatoms. The van der Waals surface area contributed by atoms with E-state index >= 15 is 0 Å². The van der Waals surface area contributed by atoms with E-state index in [9.17, 15) is 0 Å². The number of piperidine rings is 1. The molecule has 0 amide bonds. The molecule has 102 valence electrons. The molecule has 0 aliphatic carbocycles. The van der Waals surface area contributed by atoms with Gasteiger partial charge in [-0.25, -0.2) is 0 Å². The molecule has 1 aliphatic rings. The molecule has 0 radical (unpaired) electrons. The van der Waals surface area contributed by atoms with Crippen LogP contribution < -0.4 is 5.32 Å². The smallest absolute Gasteiger partial charge is 0.00938 e. The number of likely N-dealkylation sites (tertiary alicyclic amines) is 1. The highest BCUT2D eigenvalue weighted by molar-refractivity contribution is 4.78. The molecule has 1 aliphatic heterocycles. The van der Waals surface area contributed by atoms with Gasteiger partial charge >= 0.3 is 0 Å². The van der Waals surface area contributed by atoms with Gasteiger partial charge in [0.25, 0.3) is 0 Å². The molecule has 0 saturated carbocycles. The van der Waals surface area contributed by atoms with Crippen molar-refractivity contribution >= 4 is 0 Å². The van der Waals surface area contributed by atoms with E-state index in [0.717, 1.165) is 12.0 Å². The normalized spacial score (nSPS) is 21.0. The van der Waals surface area contributed by atoms with Crippen LogP contribution in [0, 0.1) is 5.92 Å². The summed E-state index contributed by atoms with van der Waals surface area (Å²) in [5.74, 6) is 0.856. The molecule has 0 aromatic heterocycles. The molecule has 2 nitrogen and oxygen atoms in total. The predicted octanol–water partition coefficient (Wildman–Crippen LogP) is 3.28. The summed E-state index contributed by atoms with van der Waals surface area (Å²) in [6, 6.07) is 1.47. The molecule has 0 aromatic carbocycles. The van der Waals surface area contributed by atoms with Gasteiger partial charge in [0.05, 0.1) is 0 Å². The van der Waals surface area contributed by atoms with Gasteiger partial charge in [-0.05, 0) is 51.7 Å². The molecule has 1 N–H and O–H groups in total. The Morgan fingerprint density at radius 2 is 1.76 bits per heavy atom. The Morgan fingerprint density at radius 3 is 2.29 bits per heavy atom. The van der Waals surface area contributed by atoms with E-state index in [-0.39, 0.29) is 0 Å². The summed E-state index contributed by atoms with van der Waals surface area (Å²) in [6.45, 7) is 13.0. The fourth-order valence-electron chi connectivity index (χ4n) is 2.73. The standard InChI is InChI=1S/C15H32N2/c1-5-17-11-9-15(10-12-17)16-14(4)8-6-7-13(2)3/h13-16H,5-12H2,1-4H3. The second-order valence-corrected chi connectivity index (χ2v) is 6.10. The van der Waals surface area contributed by atoms with Crippen LogP contribution in [0.3, 0.4) is 0 Å². The van der Waals surface area contributed by atoms with Gasteiger partial charge in [-0.3, -0.25) is 0 Å². The zero-order chi connectivity index (χ0) is 12.7. The van der Waals surface area contributed by atoms with Crippen LogP contribution in [0.5, 0.6) is 0 Å². The zero-order valence-corrected chi connectivity index (χ0v) is 12.3. The van der Waals surface area contributed by atoms with Gasteiger partial charge in [0.15, 0.2) is 0 Å². The molecule has 1 heterocycles. The summed E-state index contributed by atoms with van der Waals surface area (Å²) in [5, 5.41) is 3.81. The van der Waals surface area contributed by atoms with Crippen molar-refractivity contribution in [2.24, 2.45) is 5.92 Å². The molecule has 1 unspecified atom stereocenters. The third-order valence-corrected chi connectivity index (χ3v) is 3.97. The molecule has 1 saturated heterocycles. The summed E-state index contributed by atoms with van der Waals surface area (Å²) < 4.78 is 0. The van der Waals surface area contributed by atoms with Crippen molar-refractivity contribution < 1.29 is 0 Å². The van der Waals surface area contributed by atoms with Gasteiger partial charge in [0.1, 0.15) is 0 Å². The molecule has 17 heavy (non-hydrogen) atoms. The minimum atomic E-state index is 0.701. The second kappa shape index (κ2) is 8.10. The predicted molar refractivity (Wildman–Crippen MR) is 76.4 cm³/mol. The van der Waals surface area contributed by atoms with Crippen LogP contribution in [0.15, 0.2) is 0 Å². The summed E-state index contributed by atoms with van der Waals surface area (Å²) in [5.41, 5.74) is 0. The van der Waals surface area contributed by atoms with E-state index < -0.39 is 0 Å². The molecule has 1 rings (SSSR count). The maximum absolute atomic E-state index is 3.81. The second-order valence-electron chi connectivity index (χ2n) is 6.10. The Bertz CT molecular complexity index is 183. The van der Waals surface area contributed by atoms with Crippen molar-refractivity contribution in [2.75, 3.05) is 19.6 Å². The Hall–Kier alpha value is -0.0800. The average molecular weight is 240 g/mol. The SMILES string of the molecule is CCN1CCC(NC(C)CCCC(C)C)CC1. The fourth-order valence-corrected chi connectivity index (χ4v) is 2.73. The van der Waals surface area contributed by atoms with Crippen molar-refractivity contribution in [1.29, 1.82) is 0 Å². The molecule has 0 spiro atoms. The van der Waals surface area contributed by atoms with Crippen LogP contribution in [0.2, 0.25) is 0 Å². The lowest BCUT2D eigenvalue weighted by Crippen LogP contribution is -2.45. The monoisotopic (exact) mass is 240 g/mol. The number of hydrogen-bond donors (Lipinski definition) is 1. The van der Waals surface area contributed by atoms with Crippen molar-refractivity contribution in [3.8, 4) is 0 Å². The molecular weight excluding hydrogens is 208 g/mol. The molecule has 1 fully saturated rings. The Balaban J connectivity index is 2.08. The first-order valence-corrected chi connectivity index (χ1v) is 7.60. The minimum Gasteiger partial charge on any atom is -0.311 e. The molecular formula is C15H32N2. The van der Waals surface area contributed by atoms with Crippen molar-refractivity contribution in [2.45, 2.75) is 71.9 Å². The summed E-state index contributed by atoms with van der Waals surface area (Å²) in [7, 11) is 0. The Kier molecular flexibility index (Phi) is 7.14. The van der Waals surface area contributed by atoms with Crippen LogP contribution in [0.1, 0.15) is 59.8 Å². The molecule has 0 aromatic rings. The summed E-state index contributed by atoms with van der Waals surface area (Å²) in [6.07, 6.45) is 6.76. The third-order valence-electron chi connectivity index (χ3n) is 3.97. The van der Waals surface area contributed by atoms with Crippen LogP contribution in [-0.2, 0) is 0 Å². The van der Waals surface area contributed by atoms with E-state index in [0.29, 0.717) is 6.04 Å². The van der Waals surface area contributed by atoms with E-state index in [1.165, 1.54) is 51.7 Å². The van der Waals surface area contributed by atoms with E-state index in [4.69, 9.17) is 0 Å². The van der Waals surface area contributed by atoms with Gasteiger partial charge in [-0.15, -0.1) is 0 Å². The highest BCUT2D eigenvalue weighted by atomic mass is 15.1. The van der Waals surface area contributed by atoms with Gasteiger partial charge in [-0.2, -0.15) is 0 Å². The van der Waals surface area contributed by atoms with Gasteiger partial charge < -0.3 is 10.2 Å². The highest BCUT2D eigenvalue weighted by Crippen LogP contribution is 2.13. The maximum atomic E-state index is 3.81.